The zero-order chi connectivity index (χ0) is 16.0. The summed E-state index contributed by atoms with van der Waals surface area (Å²) in [6.07, 6.45) is -0.0316. The van der Waals surface area contributed by atoms with Crippen LogP contribution in [0.4, 0.5) is 19.0 Å². The van der Waals surface area contributed by atoms with Gasteiger partial charge >= 0.3 is 6.18 Å². The van der Waals surface area contributed by atoms with E-state index in [-0.39, 0.29) is 11.7 Å². The molecule has 2 aliphatic rings. The molecule has 0 bridgehead atoms. The van der Waals surface area contributed by atoms with E-state index in [1.54, 1.807) is 6.07 Å². The first-order valence-corrected chi connectivity index (χ1v) is 7.82. The smallest absolute Gasteiger partial charge is 0.364 e. The molecule has 124 valence electrons. The van der Waals surface area contributed by atoms with Crippen molar-refractivity contribution in [3.63, 3.8) is 0 Å². The molecule has 2 aliphatic heterocycles. The van der Waals surface area contributed by atoms with Crippen molar-refractivity contribution in [2.45, 2.75) is 43.9 Å². The third kappa shape index (κ3) is 2.62. The van der Waals surface area contributed by atoms with Crippen LogP contribution in [0.15, 0.2) is 12.1 Å². The van der Waals surface area contributed by atoms with Crippen molar-refractivity contribution in [3.05, 3.63) is 18.0 Å². The number of halogens is 3. The molecular weight excluding hydrogens is 309 g/mol. The molecule has 0 saturated carbocycles. The predicted octanol–water partition coefficient (Wildman–Crippen LogP) is 2.18. The van der Waals surface area contributed by atoms with Gasteiger partial charge in [0, 0.05) is 18.6 Å². The molecule has 4 heterocycles. The third-order valence-corrected chi connectivity index (χ3v) is 4.71. The van der Waals surface area contributed by atoms with E-state index < -0.39 is 12.0 Å². The highest BCUT2D eigenvalue weighted by molar-refractivity contribution is 5.45. The van der Waals surface area contributed by atoms with Gasteiger partial charge in [-0.25, -0.2) is 0 Å². The summed E-state index contributed by atoms with van der Waals surface area (Å²) in [4.78, 5) is 2.46. The number of hydrogen-bond acceptors (Lipinski definition) is 5. The Morgan fingerprint density at radius 2 is 1.96 bits per heavy atom. The first-order valence-electron chi connectivity index (χ1n) is 7.82. The quantitative estimate of drug-likeness (QED) is 0.917. The Kier molecular flexibility index (Phi) is 3.40. The van der Waals surface area contributed by atoms with Crippen LogP contribution in [0.5, 0.6) is 0 Å². The van der Waals surface area contributed by atoms with Crippen LogP contribution < -0.4 is 5.32 Å². The average molecular weight is 326 g/mol. The number of rotatable bonds is 2. The molecule has 4 rings (SSSR count). The van der Waals surface area contributed by atoms with E-state index in [1.807, 2.05) is 0 Å². The summed E-state index contributed by atoms with van der Waals surface area (Å²) in [7, 11) is 0. The zero-order valence-corrected chi connectivity index (χ0v) is 12.4. The summed E-state index contributed by atoms with van der Waals surface area (Å²) < 4.78 is 39.5. The van der Waals surface area contributed by atoms with E-state index in [0.29, 0.717) is 11.9 Å². The SMILES string of the molecule is FC(F)(F)c1nnc2ccc(NC3CCN4CCCCC34)nn12. The Balaban J connectivity index is 1.60. The third-order valence-electron chi connectivity index (χ3n) is 4.71. The van der Waals surface area contributed by atoms with Crippen LogP contribution in [0.2, 0.25) is 0 Å². The van der Waals surface area contributed by atoms with Crippen molar-refractivity contribution >= 4 is 11.5 Å². The second-order valence-corrected chi connectivity index (χ2v) is 6.15. The zero-order valence-electron chi connectivity index (χ0n) is 12.4. The van der Waals surface area contributed by atoms with Crippen LogP contribution in [-0.2, 0) is 6.18 Å². The molecule has 0 radical (unpaired) electrons. The van der Waals surface area contributed by atoms with Crippen molar-refractivity contribution in [1.82, 2.24) is 24.7 Å². The Labute approximate surface area is 130 Å². The Morgan fingerprint density at radius 3 is 2.78 bits per heavy atom. The van der Waals surface area contributed by atoms with Gasteiger partial charge in [0.1, 0.15) is 5.82 Å². The fourth-order valence-corrected chi connectivity index (χ4v) is 3.65. The topological polar surface area (TPSA) is 58.4 Å². The minimum Gasteiger partial charge on any atom is -0.364 e. The first kappa shape index (κ1) is 14.7. The van der Waals surface area contributed by atoms with Crippen molar-refractivity contribution in [2.75, 3.05) is 18.4 Å². The van der Waals surface area contributed by atoms with E-state index in [0.717, 1.165) is 30.4 Å². The van der Waals surface area contributed by atoms with Crippen LogP contribution in [0, 0.1) is 0 Å². The number of anilines is 1. The van der Waals surface area contributed by atoms with Crippen molar-refractivity contribution < 1.29 is 13.2 Å². The number of nitrogens with one attached hydrogen (secondary N) is 1. The lowest BCUT2D eigenvalue weighted by Gasteiger charge is -2.32. The number of nitrogens with zero attached hydrogens (tertiary/aromatic N) is 5. The molecule has 0 spiro atoms. The monoisotopic (exact) mass is 326 g/mol. The molecule has 2 saturated heterocycles. The van der Waals surface area contributed by atoms with Gasteiger partial charge in [0.25, 0.3) is 5.82 Å². The Bertz CT molecular complexity index is 712. The summed E-state index contributed by atoms with van der Waals surface area (Å²) >= 11 is 0. The summed E-state index contributed by atoms with van der Waals surface area (Å²) in [5.74, 6) is -0.665. The molecule has 0 aliphatic carbocycles. The van der Waals surface area contributed by atoms with Crippen LogP contribution in [0.1, 0.15) is 31.5 Å². The van der Waals surface area contributed by atoms with Gasteiger partial charge in [0.2, 0.25) is 0 Å². The van der Waals surface area contributed by atoms with Crippen LogP contribution in [-0.4, -0.2) is 49.9 Å². The number of aromatic nitrogens is 4. The number of piperidine rings is 1. The fraction of sp³-hybridized carbons (Fsp3) is 0.643. The number of hydrogen-bond donors (Lipinski definition) is 1. The molecule has 2 aromatic heterocycles. The van der Waals surface area contributed by atoms with E-state index in [1.165, 1.54) is 18.9 Å². The lowest BCUT2D eigenvalue weighted by Crippen LogP contribution is -2.41. The highest BCUT2D eigenvalue weighted by atomic mass is 19.4. The highest BCUT2D eigenvalue weighted by Gasteiger charge is 2.38. The van der Waals surface area contributed by atoms with Gasteiger partial charge < -0.3 is 5.32 Å². The molecule has 2 unspecified atom stereocenters. The van der Waals surface area contributed by atoms with Gasteiger partial charge in [-0.3, -0.25) is 4.90 Å². The molecule has 0 amide bonds. The Hall–Kier alpha value is -1.90. The second kappa shape index (κ2) is 5.33. The standard InChI is InChI=1S/C14H17F3N6/c15-14(16,17)13-20-19-12-5-4-11(21-23(12)13)18-9-6-8-22-7-2-1-3-10(9)22/h4-5,9-10H,1-3,6-8H2,(H,18,21). The van der Waals surface area contributed by atoms with Crippen molar-refractivity contribution in [3.8, 4) is 0 Å². The van der Waals surface area contributed by atoms with Gasteiger partial charge in [-0.05, 0) is 37.9 Å². The number of alkyl halides is 3. The maximum Gasteiger partial charge on any atom is 0.453 e. The van der Waals surface area contributed by atoms with Gasteiger partial charge in [-0.15, -0.1) is 15.3 Å². The number of fused-ring (bicyclic) bond motifs is 2. The van der Waals surface area contributed by atoms with E-state index in [2.05, 4.69) is 25.5 Å². The van der Waals surface area contributed by atoms with E-state index in [4.69, 9.17) is 0 Å². The normalized spacial score (nSPS) is 25.7. The van der Waals surface area contributed by atoms with E-state index >= 15 is 0 Å². The molecule has 23 heavy (non-hydrogen) atoms. The molecule has 0 aromatic carbocycles. The van der Waals surface area contributed by atoms with Crippen LogP contribution >= 0.6 is 0 Å². The van der Waals surface area contributed by atoms with Gasteiger partial charge in [0.05, 0.1) is 0 Å². The molecule has 1 N–H and O–H groups in total. The van der Waals surface area contributed by atoms with Crippen molar-refractivity contribution in [1.29, 1.82) is 0 Å². The predicted molar refractivity (Wildman–Crippen MR) is 77.0 cm³/mol. The summed E-state index contributed by atoms with van der Waals surface area (Å²) in [5, 5.41) is 14.1. The molecule has 2 atom stereocenters. The Morgan fingerprint density at radius 1 is 1.09 bits per heavy atom. The van der Waals surface area contributed by atoms with Gasteiger partial charge in [0.15, 0.2) is 5.65 Å². The summed E-state index contributed by atoms with van der Waals surface area (Å²) in [6.45, 7) is 2.14. The largest absolute Gasteiger partial charge is 0.453 e. The van der Waals surface area contributed by atoms with Crippen LogP contribution in [0.25, 0.3) is 5.65 Å². The maximum absolute atomic E-state index is 12.9. The van der Waals surface area contributed by atoms with Crippen LogP contribution in [0.3, 0.4) is 0 Å². The molecule has 2 fully saturated rings. The maximum atomic E-state index is 12.9. The van der Waals surface area contributed by atoms with E-state index in [9.17, 15) is 13.2 Å². The molecule has 6 nitrogen and oxygen atoms in total. The van der Waals surface area contributed by atoms with Gasteiger partial charge in [-0.2, -0.15) is 17.7 Å². The minimum atomic E-state index is -4.57. The fourth-order valence-electron chi connectivity index (χ4n) is 3.65. The first-order chi connectivity index (χ1) is 11.0. The summed E-state index contributed by atoms with van der Waals surface area (Å²) in [5.41, 5.74) is 0.0913. The molecular formula is C14H17F3N6. The van der Waals surface area contributed by atoms with Crippen molar-refractivity contribution in [2.24, 2.45) is 0 Å². The minimum absolute atomic E-state index is 0.0913. The second-order valence-electron chi connectivity index (χ2n) is 6.15. The average Bonchev–Trinajstić information content (AvgIpc) is 3.11. The lowest BCUT2D eigenvalue weighted by atomic mass is 9.99. The summed E-state index contributed by atoms with van der Waals surface area (Å²) in [6, 6.07) is 3.84. The molecule has 2 aromatic rings. The lowest BCUT2D eigenvalue weighted by molar-refractivity contribution is -0.146. The van der Waals surface area contributed by atoms with Gasteiger partial charge in [-0.1, -0.05) is 6.42 Å². The highest BCUT2D eigenvalue weighted by Crippen LogP contribution is 2.30. The molecule has 9 heteroatoms.